The highest BCUT2D eigenvalue weighted by atomic mass is 19.4. The molecule has 2 rings (SSSR count). The first-order valence-corrected chi connectivity index (χ1v) is 5.97. The molecular formula is C13H11F3N2O3. The van der Waals surface area contributed by atoms with Crippen LogP contribution < -0.4 is 5.32 Å². The van der Waals surface area contributed by atoms with Crippen molar-refractivity contribution in [3.8, 4) is 0 Å². The minimum atomic E-state index is -4.51. The van der Waals surface area contributed by atoms with Crippen molar-refractivity contribution in [2.45, 2.75) is 13.1 Å². The third-order valence-electron chi connectivity index (χ3n) is 2.46. The molecule has 0 aliphatic carbocycles. The molecule has 1 aromatic carbocycles. The summed E-state index contributed by atoms with van der Waals surface area (Å²) in [5, 5.41) is 2.39. The number of alkyl halides is 3. The van der Waals surface area contributed by atoms with Gasteiger partial charge in [0.2, 0.25) is 0 Å². The SMILES string of the molecule is CCOC(=O)c1coc(Nc2ccccc2C(F)(F)F)n1. The van der Waals surface area contributed by atoms with Crippen molar-refractivity contribution in [1.82, 2.24) is 4.98 Å². The van der Waals surface area contributed by atoms with E-state index in [1.165, 1.54) is 18.2 Å². The van der Waals surface area contributed by atoms with Crippen molar-refractivity contribution in [3.05, 3.63) is 41.8 Å². The van der Waals surface area contributed by atoms with Gasteiger partial charge in [-0.05, 0) is 19.1 Å². The van der Waals surface area contributed by atoms with Crippen molar-refractivity contribution < 1.29 is 27.1 Å². The summed E-state index contributed by atoms with van der Waals surface area (Å²) in [6.45, 7) is 1.78. The Balaban J connectivity index is 2.22. The molecule has 1 N–H and O–H groups in total. The molecule has 0 radical (unpaired) electrons. The molecule has 8 heteroatoms. The van der Waals surface area contributed by atoms with Crippen LogP contribution in [-0.2, 0) is 10.9 Å². The second kappa shape index (κ2) is 5.86. The first kappa shape index (κ1) is 14.9. The van der Waals surface area contributed by atoms with Crippen molar-refractivity contribution in [2.75, 3.05) is 11.9 Å². The molecule has 0 unspecified atom stereocenters. The number of para-hydroxylation sites is 1. The largest absolute Gasteiger partial charge is 0.461 e. The molecule has 0 aliphatic heterocycles. The fourth-order valence-electron chi connectivity index (χ4n) is 1.58. The maximum Gasteiger partial charge on any atom is 0.418 e. The van der Waals surface area contributed by atoms with Crippen molar-refractivity contribution in [1.29, 1.82) is 0 Å². The fraction of sp³-hybridized carbons (Fsp3) is 0.231. The first-order chi connectivity index (χ1) is 9.91. The zero-order chi connectivity index (χ0) is 15.5. The summed E-state index contributed by atoms with van der Waals surface area (Å²) in [7, 11) is 0. The lowest BCUT2D eigenvalue weighted by atomic mass is 10.2. The Hall–Kier alpha value is -2.51. The lowest BCUT2D eigenvalue weighted by Crippen LogP contribution is -2.09. The highest BCUT2D eigenvalue weighted by Gasteiger charge is 2.33. The van der Waals surface area contributed by atoms with Gasteiger partial charge in [0, 0.05) is 0 Å². The van der Waals surface area contributed by atoms with E-state index in [1.807, 2.05) is 0 Å². The van der Waals surface area contributed by atoms with Crippen LogP contribution in [-0.4, -0.2) is 17.6 Å². The van der Waals surface area contributed by atoms with Crippen LogP contribution in [0.1, 0.15) is 23.0 Å². The lowest BCUT2D eigenvalue weighted by Gasteiger charge is -2.12. The first-order valence-electron chi connectivity index (χ1n) is 5.97. The number of benzene rings is 1. The summed E-state index contributed by atoms with van der Waals surface area (Å²) in [4.78, 5) is 15.1. The van der Waals surface area contributed by atoms with Gasteiger partial charge in [0.25, 0.3) is 6.01 Å². The monoisotopic (exact) mass is 300 g/mol. The second-order valence-corrected chi connectivity index (χ2v) is 3.93. The molecule has 0 atom stereocenters. The molecule has 112 valence electrons. The highest BCUT2D eigenvalue weighted by Crippen LogP contribution is 2.35. The van der Waals surface area contributed by atoms with Crippen molar-refractivity contribution in [2.24, 2.45) is 0 Å². The van der Waals surface area contributed by atoms with Crippen LogP contribution in [0.15, 0.2) is 34.9 Å². The van der Waals surface area contributed by atoms with Gasteiger partial charge in [0.15, 0.2) is 5.69 Å². The topological polar surface area (TPSA) is 64.4 Å². The molecule has 0 fully saturated rings. The summed E-state index contributed by atoms with van der Waals surface area (Å²) in [6, 6.07) is 4.64. The van der Waals surface area contributed by atoms with Gasteiger partial charge in [0.1, 0.15) is 6.26 Å². The lowest BCUT2D eigenvalue weighted by molar-refractivity contribution is -0.136. The zero-order valence-corrected chi connectivity index (χ0v) is 10.9. The summed E-state index contributed by atoms with van der Waals surface area (Å²) >= 11 is 0. The van der Waals surface area contributed by atoms with Crippen LogP contribution >= 0.6 is 0 Å². The molecule has 1 heterocycles. The van der Waals surface area contributed by atoms with Gasteiger partial charge in [-0.2, -0.15) is 18.2 Å². The van der Waals surface area contributed by atoms with E-state index in [0.29, 0.717) is 0 Å². The summed E-state index contributed by atoms with van der Waals surface area (Å²) < 4.78 is 48.1. The number of rotatable bonds is 4. The third kappa shape index (κ3) is 3.53. The number of oxazole rings is 1. The van der Waals surface area contributed by atoms with Gasteiger partial charge in [0.05, 0.1) is 17.9 Å². The van der Waals surface area contributed by atoms with Gasteiger partial charge in [-0.3, -0.25) is 0 Å². The van der Waals surface area contributed by atoms with Gasteiger partial charge < -0.3 is 14.5 Å². The number of halogens is 3. The number of aromatic nitrogens is 1. The molecule has 1 aromatic heterocycles. The quantitative estimate of drug-likeness (QED) is 0.874. The molecule has 0 aliphatic rings. The van der Waals surface area contributed by atoms with E-state index >= 15 is 0 Å². The van der Waals surface area contributed by atoms with E-state index in [2.05, 4.69) is 10.3 Å². The number of nitrogens with zero attached hydrogens (tertiary/aromatic N) is 1. The average molecular weight is 300 g/mol. The number of hydrogen-bond acceptors (Lipinski definition) is 5. The molecule has 21 heavy (non-hydrogen) atoms. The van der Waals surface area contributed by atoms with Crippen LogP contribution in [0.5, 0.6) is 0 Å². The van der Waals surface area contributed by atoms with Crippen LogP contribution in [0.3, 0.4) is 0 Å². The molecule has 2 aromatic rings. The maximum absolute atomic E-state index is 12.8. The van der Waals surface area contributed by atoms with Crippen LogP contribution in [0, 0.1) is 0 Å². The smallest absolute Gasteiger partial charge is 0.418 e. The van der Waals surface area contributed by atoms with Crippen LogP contribution in [0.2, 0.25) is 0 Å². The van der Waals surface area contributed by atoms with E-state index in [9.17, 15) is 18.0 Å². The maximum atomic E-state index is 12.8. The fourth-order valence-corrected chi connectivity index (χ4v) is 1.58. The van der Waals surface area contributed by atoms with Crippen molar-refractivity contribution in [3.63, 3.8) is 0 Å². The predicted molar refractivity (Wildman–Crippen MR) is 67.2 cm³/mol. The minimum Gasteiger partial charge on any atom is -0.461 e. The van der Waals surface area contributed by atoms with Gasteiger partial charge in [-0.1, -0.05) is 12.1 Å². The highest BCUT2D eigenvalue weighted by molar-refractivity contribution is 5.87. The number of ether oxygens (including phenoxy) is 1. The Bertz CT molecular complexity index is 638. The van der Waals surface area contributed by atoms with E-state index < -0.39 is 17.7 Å². The molecule has 0 spiro atoms. The van der Waals surface area contributed by atoms with E-state index in [1.54, 1.807) is 6.92 Å². The summed E-state index contributed by atoms with van der Waals surface area (Å²) in [5.41, 5.74) is -1.20. The Labute approximate surface area is 117 Å². The number of carbonyl (C=O) groups excluding carboxylic acids is 1. The molecule has 0 saturated heterocycles. The molecule has 0 amide bonds. The van der Waals surface area contributed by atoms with E-state index in [0.717, 1.165) is 12.3 Å². The zero-order valence-electron chi connectivity index (χ0n) is 10.9. The molecular weight excluding hydrogens is 289 g/mol. The molecule has 0 saturated carbocycles. The second-order valence-electron chi connectivity index (χ2n) is 3.93. The van der Waals surface area contributed by atoms with Crippen LogP contribution in [0.4, 0.5) is 24.9 Å². The number of nitrogens with one attached hydrogen (secondary N) is 1. The molecule has 0 bridgehead atoms. The van der Waals surface area contributed by atoms with Crippen molar-refractivity contribution >= 4 is 17.7 Å². The van der Waals surface area contributed by atoms with Gasteiger partial charge in [-0.25, -0.2) is 4.79 Å². The minimum absolute atomic E-state index is 0.121. The standard InChI is InChI=1S/C13H11F3N2O3/c1-2-20-11(19)10-7-21-12(18-10)17-9-6-4-3-5-8(9)13(14,15)16/h3-7H,2H2,1H3,(H,17,18). The Morgan fingerprint density at radius 2 is 2.10 bits per heavy atom. The van der Waals surface area contributed by atoms with Gasteiger partial charge >= 0.3 is 12.1 Å². The van der Waals surface area contributed by atoms with Crippen LogP contribution in [0.25, 0.3) is 0 Å². The number of esters is 1. The predicted octanol–water partition coefficient (Wildman–Crippen LogP) is 3.61. The summed E-state index contributed by atoms with van der Waals surface area (Å²) in [6.07, 6.45) is -3.50. The molecule has 5 nitrogen and oxygen atoms in total. The van der Waals surface area contributed by atoms with E-state index in [-0.39, 0.29) is 24.0 Å². The third-order valence-corrected chi connectivity index (χ3v) is 2.46. The summed E-state index contributed by atoms with van der Waals surface area (Å²) in [5.74, 6) is -0.710. The normalized spacial score (nSPS) is 11.2. The Morgan fingerprint density at radius 1 is 1.38 bits per heavy atom. The average Bonchev–Trinajstić information content (AvgIpc) is 2.87. The Morgan fingerprint density at radius 3 is 2.76 bits per heavy atom. The Kier molecular flexibility index (Phi) is 4.15. The van der Waals surface area contributed by atoms with E-state index in [4.69, 9.17) is 9.15 Å². The number of carbonyl (C=O) groups is 1. The number of anilines is 2. The number of hydrogen-bond donors (Lipinski definition) is 1. The van der Waals surface area contributed by atoms with Gasteiger partial charge in [-0.15, -0.1) is 0 Å².